The fourth-order valence-electron chi connectivity index (χ4n) is 1.05. The van der Waals surface area contributed by atoms with Gasteiger partial charge in [-0.3, -0.25) is 0 Å². The summed E-state index contributed by atoms with van der Waals surface area (Å²) in [6, 6.07) is 3.80. The fraction of sp³-hybridized carbons (Fsp3) is 0.111. The summed E-state index contributed by atoms with van der Waals surface area (Å²) in [6.07, 6.45) is 3.41. The average molecular weight is 271 g/mol. The van der Waals surface area contributed by atoms with Crippen molar-refractivity contribution in [1.82, 2.24) is 9.97 Å². The van der Waals surface area contributed by atoms with E-state index in [0.29, 0.717) is 0 Å². The van der Waals surface area contributed by atoms with Gasteiger partial charge < -0.3 is 5.11 Å². The van der Waals surface area contributed by atoms with Gasteiger partial charge in [0.15, 0.2) is 0 Å². The molecule has 0 aromatic carbocycles. The van der Waals surface area contributed by atoms with E-state index in [1.807, 2.05) is 12.1 Å². The molecular weight excluding hydrogens is 264 g/mol. The van der Waals surface area contributed by atoms with Crippen molar-refractivity contribution in [2.75, 3.05) is 0 Å². The van der Waals surface area contributed by atoms with Crippen molar-refractivity contribution in [3.05, 3.63) is 34.0 Å². The van der Waals surface area contributed by atoms with Crippen LogP contribution in [0.2, 0.25) is 0 Å². The number of aromatic nitrogens is 2. The number of aliphatic hydroxyl groups is 1. The van der Waals surface area contributed by atoms with E-state index in [0.717, 1.165) is 20.1 Å². The van der Waals surface area contributed by atoms with Crippen molar-refractivity contribution in [2.45, 2.75) is 6.61 Å². The third kappa shape index (κ3) is 2.00. The van der Waals surface area contributed by atoms with E-state index in [1.54, 1.807) is 12.4 Å². The fourth-order valence-corrected chi connectivity index (χ4v) is 2.18. The molecule has 72 valence electrons. The van der Waals surface area contributed by atoms with Crippen LogP contribution in [0.3, 0.4) is 0 Å². The summed E-state index contributed by atoms with van der Waals surface area (Å²) in [5.74, 6) is 0. The Labute approximate surface area is 93.6 Å². The van der Waals surface area contributed by atoms with Gasteiger partial charge >= 0.3 is 0 Å². The van der Waals surface area contributed by atoms with Gasteiger partial charge in [-0.1, -0.05) is 0 Å². The van der Waals surface area contributed by atoms with Gasteiger partial charge in [-0.05, 0) is 28.1 Å². The lowest BCUT2D eigenvalue weighted by Gasteiger charge is -1.95. The van der Waals surface area contributed by atoms with E-state index in [9.17, 15) is 0 Å². The lowest BCUT2D eigenvalue weighted by Crippen LogP contribution is -1.77. The molecule has 0 aliphatic heterocycles. The van der Waals surface area contributed by atoms with Crippen LogP contribution in [0.4, 0.5) is 0 Å². The van der Waals surface area contributed by atoms with Gasteiger partial charge in [0.2, 0.25) is 0 Å². The second-order valence-electron chi connectivity index (χ2n) is 2.66. The van der Waals surface area contributed by atoms with E-state index < -0.39 is 0 Å². The first-order valence-corrected chi connectivity index (χ1v) is 5.58. The first-order valence-electron chi connectivity index (χ1n) is 3.97. The quantitative estimate of drug-likeness (QED) is 0.853. The van der Waals surface area contributed by atoms with E-state index in [2.05, 4.69) is 25.9 Å². The molecule has 0 saturated carbocycles. The van der Waals surface area contributed by atoms with Crippen LogP contribution >= 0.6 is 27.3 Å². The minimum Gasteiger partial charge on any atom is -0.391 e. The van der Waals surface area contributed by atoms with Crippen molar-refractivity contribution < 1.29 is 5.11 Å². The Balaban J connectivity index is 2.39. The Morgan fingerprint density at radius 1 is 1.43 bits per heavy atom. The SMILES string of the molecule is OCc1cnc(-c2ccnc(Br)c2)s1. The maximum Gasteiger partial charge on any atom is 0.123 e. The number of hydrogen-bond acceptors (Lipinski definition) is 4. The predicted molar refractivity (Wildman–Crippen MR) is 59.0 cm³/mol. The second-order valence-corrected chi connectivity index (χ2v) is 4.58. The molecule has 0 atom stereocenters. The molecule has 0 unspecified atom stereocenters. The summed E-state index contributed by atoms with van der Waals surface area (Å²) in [5, 5.41) is 9.80. The molecule has 2 aromatic rings. The van der Waals surface area contributed by atoms with E-state index in [1.165, 1.54) is 11.3 Å². The number of thiazole rings is 1. The van der Waals surface area contributed by atoms with Gasteiger partial charge in [-0.25, -0.2) is 9.97 Å². The molecule has 2 heterocycles. The Morgan fingerprint density at radius 2 is 2.29 bits per heavy atom. The molecular formula is C9H7BrN2OS. The summed E-state index contributed by atoms with van der Waals surface area (Å²) in [7, 11) is 0. The van der Waals surface area contributed by atoms with Crippen LogP contribution in [-0.4, -0.2) is 15.1 Å². The maximum atomic E-state index is 8.90. The maximum absolute atomic E-state index is 8.90. The van der Waals surface area contributed by atoms with E-state index >= 15 is 0 Å². The second kappa shape index (κ2) is 4.16. The number of hydrogen-bond donors (Lipinski definition) is 1. The molecule has 0 fully saturated rings. The van der Waals surface area contributed by atoms with Gasteiger partial charge in [0.25, 0.3) is 0 Å². The summed E-state index contributed by atoms with van der Waals surface area (Å²) in [6.45, 7) is 0.0456. The van der Waals surface area contributed by atoms with Crippen LogP contribution in [0.25, 0.3) is 10.6 Å². The van der Waals surface area contributed by atoms with Crippen molar-refractivity contribution in [3.8, 4) is 10.6 Å². The highest BCUT2D eigenvalue weighted by atomic mass is 79.9. The Bertz CT molecular complexity index is 444. The average Bonchev–Trinajstić information content (AvgIpc) is 2.66. The van der Waals surface area contributed by atoms with E-state index in [-0.39, 0.29) is 6.61 Å². The molecule has 0 amide bonds. The predicted octanol–water partition coefficient (Wildman–Crippen LogP) is 2.46. The Kier molecular flexibility index (Phi) is 2.90. The molecule has 2 rings (SSSR count). The zero-order valence-corrected chi connectivity index (χ0v) is 9.55. The van der Waals surface area contributed by atoms with Crippen LogP contribution in [0.1, 0.15) is 4.88 Å². The number of pyridine rings is 1. The van der Waals surface area contributed by atoms with Crippen molar-refractivity contribution in [1.29, 1.82) is 0 Å². The van der Waals surface area contributed by atoms with Crippen LogP contribution in [0.15, 0.2) is 29.1 Å². The summed E-state index contributed by atoms with van der Waals surface area (Å²) >= 11 is 4.78. The van der Waals surface area contributed by atoms with Crippen LogP contribution < -0.4 is 0 Å². The van der Waals surface area contributed by atoms with Crippen molar-refractivity contribution >= 4 is 27.3 Å². The molecule has 0 aliphatic carbocycles. The zero-order chi connectivity index (χ0) is 9.97. The van der Waals surface area contributed by atoms with Crippen LogP contribution in [0, 0.1) is 0 Å². The van der Waals surface area contributed by atoms with Gasteiger partial charge in [0, 0.05) is 18.0 Å². The lowest BCUT2D eigenvalue weighted by atomic mass is 10.3. The number of aliphatic hydroxyl groups excluding tert-OH is 1. The molecule has 0 radical (unpaired) electrons. The molecule has 1 N–H and O–H groups in total. The number of halogens is 1. The highest BCUT2D eigenvalue weighted by Gasteiger charge is 2.04. The molecule has 0 bridgehead atoms. The van der Waals surface area contributed by atoms with E-state index in [4.69, 9.17) is 5.11 Å². The molecule has 3 nitrogen and oxygen atoms in total. The van der Waals surface area contributed by atoms with Crippen LogP contribution in [0.5, 0.6) is 0 Å². The lowest BCUT2D eigenvalue weighted by molar-refractivity contribution is 0.285. The molecule has 5 heteroatoms. The van der Waals surface area contributed by atoms with Crippen molar-refractivity contribution in [3.63, 3.8) is 0 Å². The molecule has 14 heavy (non-hydrogen) atoms. The largest absolute Gasteiger partial charge is 0.391 e. The minimum absolute atomic E-state index is 0.0456. The number of rotatable bonds is 2. The Hall–Kier alpha value is -0.780. The minimum atomic E-state index is 0.0456. The van der Waals surface area contributed by atoms with Crippen molar-refractivity contribution in [2.24, 2.45) is 0 Å². The summed E-state index contributed by atoms with van der Waals surface area (Å²) < 4.78 is 0.788. The standard InChI is InChI=1S/C9H7BrN2OS/c10-8-3-6(1-2-11-8)9-12-4-7(5-13)14-9/h1-4,13H,5H2. The summed E-state index contributed by atoms with van der Waals surface area (Å²) in [4.78, 5) is 9.11. The molecule has 0 spiro atoms. The molecule has 0 saturated heterocycles. The van der Waals surface area contributed by atoms with Gasteiger partial charge in [0.05, 0.1) is 11.5 Å². The topological polar surface area (TPSA) is 46.0 Å². The monoisotopic (exact) mass is 270 g/mol. The van der Waals surface area contributed by atoms with Gasteiger partial charge in [-0.15, -0.1) is 11.3 Å². The van der Waals surface area contributed by atoms with Crippen LogP contribution in [-0.2, 0) is 6.61 Å². The third-order valence-corrected chi connectivity index (χ3v) is 3.15. The number of nitrogens with zero attached hydrogens (tertiary/aromatic N) is 2. The smallest absolute Gasteiger partial charge is 0.123 e. The molecule has 2 aromatic heterocycles. The first kappa shape index (κ1) is 9.76. The molecule has 0 aliphatic rings. The first-order chi connectivity index (χ1) is 6.79. The summed E-state index contributed by atoms with van der Waals surface area (Å²) in [5.41, 5.74) is 1.01. The van der Waals surface area contributed by atoms with Gasteiger partial charge in [0.1, 0.15) is 9.61 Å². The third-order valence-electron chi connectivity index (χ3n) is 1.68. The van der Waals surface area contributed by atoms with Gasteiger partial charge in [-0.2, -0.15) is 0 Å². The normalized spacial score (nSPS) is 10.4. The Morgan fingerprint density at radius 3 is 2.93 bits per heavy atom. The zero-order valence-electron chi connectivity index (χ0n) is 7.14. The highest BCUT2D eigenvalue weighted by Crippen LogP contribution is 2.26. The highest BCUT2D eigenvalue weighted by molar-refractivity contribution is 9.10.